The molecule has 0 aliphatic rings. The largest absolute Gasteiger partial charge is 0.326 e. The number of carbonyl (C=O) groups excluding carboxylic acids is 1. The molecule has 0 radical (unpaired) electrons. The Bertz CT molecular complexity index is 563. The van der Waals surface area contributed by atoms with Crippen LogP contribution >= 0.6 is 0 Å². The zero-order chi connectivity index (χ0) is 15.8. The minimum Gasteiger partial charge on any atom is -0.326 e. The van der Waals surface area contributed by atoms with Crippen molar-refractivity contribution in [2.45, 2.75) is 47.0 Å². The van der Waals surface area contributed by atoms with E-state index in [1.54, 1.807) is 6.07 Å². The van der Waals surface area contributed by atoms with Crippen LogP contribution in [-0.4, -0.2) is 5.91 Å². The van der Waals surface area contributed by atoms with Crippen molar-refractivity contribution >= 4 is 17.7 Å². The Kier molecular flexibility index (Phi) is 6.68. The second-order valence-electron chi connectivity index (χ2n) is 5.35. The van der Waals surface area contributed by atoms with E-state index in [1.165, 1.54) is 19.8 Å². The molecule has 21 heavy (non-hydrogen) atoms. The lowest BCUT2D eigenvalue weighted by Gasteiger charge is -2.11. The van der Waals surface area contributed by atoms with Gasteiger partial charge in [0.2, 0.25) is 5.91 Å². The molecule has 0 saturated heterocycles. The van der Waals surface area contributed by atoms with E-state index < -0.39 is 0 Å². The molecule has 112 valence electrons. The Labute approximate surface area is 127 Å². The lowest BCUT2D eigenvalue weighted by molar-refractivity contribution is -0.114. The van der Waals surface area contributed by atoms with Gasteiger partial charge in [-0.1, -0.05) is 38.8 Å². The zero-order valence-electron chi connectivity index (χ0n) is 13.4. The normalized spacial score (nSPS) is 10.9. The van der Waals surface area contributed by atoms with Crippen molar-refractivity contribution < 1.29 is 4.79 Å². The number of hydrogen-bond donors (Lipinski definition) is 1. The first kappa shape index (κ1) is 17.0. The van der Waals surface area contributed by atoms with E-state index in [1.807, 2.05) is 13.0 Å². The fourth-order valence-electron chi connectivity index (χ4n) is 2.30. The molecule has 0 atom stereocenters. The number of allylic oxidation sites excluding steroid dienone is 1. The molecule has 3 nitrogen and oxygen atoms in total. The van der Waals surface area contributed by atoms with Crippen molar-refractivity contribution in [2.24, 2.45) is 5.92 Å². The van der Waals surface area contributed by atoms with Gasteiger partial charge in [-0.05, 0) is 42.5 Å². The van der Waals surface area contributed by atoms with E-state index in [-0.39, 0.29) is 5.91 Å². The fraction of sp³-hybridized carbons (Fsp3) is 0.444. The van der Waals surface area contributed by atoms with Crippen molar-refractivity contribution in [1.29, 1.82) is 5.26 Å². The monoisotopic (exact) mass is 284 g/mol. The molecule has 0 spiro atoms. The molecule has 0 aromatic heterocycles. The van der Waals surface area contributed by atoms with Crippen LogP contribution in [0.15, 0.2) is 18.2 Å². The van der Waals surface area contributed by atoms with Crippen molar-refractivity contribution in [3.8, 4) is 6.07 Å². The molecule has 0 heterocycles. The van der Waals surface area contributed by atoms with E-state index in [2.05, 4.69) is 37.4 Å². The summed E-state index contributed by atoms with van der Waals surface area (Å²) in [7, 11) is 0. The number of hydrogen-bond acceptors (Lipinski definition) is 2. The standard InChI is InChI=1S/C18H24N2O/c1-5-15(6-2)8-7-9-17-10-16(12-19)11-18(13(17)3)20-14(4)21/h7,9-11,15H,5-6,8H2,1-4H3,(H,20,21)/b9-7-. The molecule has 0 aliphatic carbocycles. The number of nitrogens with one attached hydrogen (secondary N) is 1. The van der Waals surface area contributed by atoms with Crippen LogP contribution in [0.2, 0.25) is 0 Å². The van der Waals surface area contributed by atoms with Crippen LogP contribution in [0, 0.1) is 24.2 Å². The van der Waals surface area contributed by atoms with Crippen LogP contribution in [0.5, 0.6) is 0 Å². The molecule has 1 rings (SSSR count). The van der Waals surface area contributed by atoms with Gasteiger partial charge in [0.15, 0.2) is 0 Å². The van der Waals surface area contributed by atoms with Crippen molar-refractivity contribution in [3.05, 3.63) is 34.9 Å². The van der Waals surface area contributed by atoms with Crippen LogP contribution < -0.4 is 5.32 Å². The van der Waals surface area contributed by atoms with Gasteiger partial charge in [-0.15, -0.1) is 0 Å². The first-order chi connectivity index (χ1) is 10.0. The maximum absolute atomic E-state index is 11.2. The molecule has 0 unspecified atom stereocenters. The molecule has 0 aliphatic heterocycles. The number of amides is 1. The highest BCUT2D eigenvalue weighted by Crippen LogP contribution is 2.24. The number of carbonyl (C=O) groups is 1. The van der Waals surface area contributed by atoms with Gasteiger partial charge in [0.05, 0.1) is 11.6 Å². The van der Waals surface area contributed by atoms with E-state index in [0.29, 0.717) is 17.2 Å². The van der Waals surface area contributed by atoms with Gasteiger partial charge in [-0.3, -0.25) is 4.79 Å². The summed E-state index contributed by atoms with van der Waals surface area (Å²) < 4.78 is 0. The second-order valence-corrected chi connectivity index (χ2v) is 5.35. The summed E-state index contributed by atoms with van der Waals surface area (Å²) in [5.41, 5.74) is 3.25. The van der Waals surface area contributed by atoms with Gasteiger partial charge in [-0.2, -0.15) is 5.26 Å². The average Bonchev–Trinajstić information content (AvgIpc) is 2.46. The summed E-state index contributed by atoms with van der Waals surface area (Å²) in [5.74, 6) is 0.579. The van der Waals surface area contributed by atoms with E-state index in [4.69, 9.17) is 5.26 Å². The topological polar surface area (TPSA) is 52.9 Å². The molecular formula is C18H24N2O. The van der Waals surface area contributed by atoms with Crippen LogP contribution in [-0.2, 0) is 4.79 Å². The van der Waals surface area contributed by atoms with E-state index in [9.17, 15) is 4.79 Å². The third-order valence-corrected chi connectivity index (χ3v) is 3.81. The van der Waals surface area contributed by atoms with Gasteiger partial charge >= 0.3 is 0 Å². The predicted octanol–water partition coefficient (Wildman–Crippen LogP) is 4.66. The van der Waals surface area contributed by atoms with Gasteiger partial charge < -0.3 is 5.32 Å². The number of nitriles is 1. The lowest BCUT2D eigenvalue weighted by Crippen LogP contribution is -2.08. The summed E-state index contributed by atoms with van der Waals surface area (Å²) in [6.07, 6.45) is 7.61. The molecule has 1 aromatic rings. The van der Waals surface area contributed by atoms with Crippen molar-refractivity contribution in [2.75, 3.05) is 5.32 Å². The van der Waals surface area contributed by atoms with Crippen molar-refractivity contribution in [1.82, 2.24) is 0 Å². The first-order valence-corrected chi connectivity index (χ1v) is 7.50. The van der Waals surface area contributed by atoms with Crippen molar-refractivity contribution in [3.63, 3.8) is 0 Å². The molecular weight excluding hydrogens is 260 g/mol. The highest BCUT2D eigenvalue weighted by Gasteiger charge is 2.07. The number of rotatable bonds is 6. The van der Waals surface area contributed by atoms with Crippen LogP contribution in [0.3, 0.4) is 0 Å². The summed E-state index contributed by atoms with van der Waals surface area (Å²) in [6, 6.07) is 5.73. The molecule has 0 fully saturated rings. The SMILES string of the molecule is CCC(CC)C/C=C\c1cc(C#N)cc(NC(C)=O)c1C. The summed E-state index contributed by atoms with van der Waals surface area (Å²) >= 11 is 0. The quantitative estimate of drug-likeness (QED) is 0.825. The molecule has 0 bridgehead atoms. The van der Waals surface area contributed by atoms with Crippen LogP contribution in [0.25, 0.3) is 6.08 Å². The van der Waals surface area contributed by atoms with Crippen LogP contribution in [0.4, 0.5) is 5.69 Å². The lowest BCUT2D eigenvalue weighted by atomic mass is 9.97. The van der Waals surface area contributed by atoms with Gasteiger partial charge in [0.1, 0.15) is 0 Å². The predicted molar refractivity (Wildman–Crippen MR) is 87.9 cm³/mol. The highest BCUT2D eigenvalue weighted by atomic mass is 16.1. The third-order valence-electron chi connectivity index (χ3n) is 3.81. The van der Waals surface area contributed by atoms with E-state index >= 15 is 0 Å². The Morgan fingerprint density at radius 2 is 2.05 bits per heavy atom. The smallest absolute Gasteiger partial charge is 0.221 e. The molecule has 1 amide bonds. The number of benzene rings is 1. The Morgan fingerprint density at radius 1 is 1.38 bits per heavy atom. The Hall–Kier alpha value is -2.08. The fourth-order valence-corrected chi connectivity index (χ4v) is 2.30. The first-order valence-electron chi connectivity index (χ1n) is 7.50. The van der Waals surface area contributed by atoms with E-state index in [0.717, 1.165) is 17.5 Å². The summed E-state index contributed by atoms with van der Waals surface area (Å²) in [6.45, 7) is 7.85. The number of anilines is 1. The summed E-state index contributed by atoms with van der Waals surface area (Å²) in [4.78, 5) is 11.2. The zero-order valence-corrected chi connectivity index (χ0v) is 13.4. The summed E-state index contributed by atoms with van der Waals surface area (Å²) in [5, 5.41) is 11.9. The minimum atomic E-state index is -0.125. The Balaban J connectivity index is 3.03. The molecule has 0 saturated carbocycles. The number of nitrogens with zero attached hydrogens (tertiary/aromatic N) is 1. The molecule has 1 N–H and O–H groups in total. The van der Waals surface area contributed by atoms with Gasteiger partial charge in [0.25, 0.3) is 0 Å². The van der Waals surface area contributed by atoms with Crippen LogP contribution in [0.1, 0.15) is 56.7 Å². The molecule has 3 heteroatoms. The maximum Gasteiger partial charge on any atom is 0.221 e. The maximum atomic E-state index is 11.2. The third kappa shape index (κ3) is 5.07. The Morgan fingerprint density at radius 3 is 2.57 bits per heavy atom. The average molecular weight is 284 g/mol. The van der Waals surface area contributed by atoms with Gasteiger partial charge in [-0.25, -0.2) is 0 Å². The van der Waals surface area contributed by atoms with Gasteiger partial charge in [0, 0.05) is 12.6 Å². The highest BCUT2D eigenvalue weighted by molar-refractivity contribution is 5.90. The minimum absolute atomic E-state index is 0.125. The molecule has 1 aromatic carbocycles. The second kappa shape index (κ2) is 8.26.